The first-order valence-corrected chi connectivity index (χ1v) is 9.03. The van der Waals surface area contributed by atoms with Gasteiger partial charge in [0.2, 0.25) is 0 Å². The van der Waals surface area contributed by atoms with Crippen LogP contribution in [0.3, 0.4) is 0 Å². The summed E-state index contributed by atoms with van der Waals surface area (Å²) in [5, 5.41) is 1.12. The van der Waals surface area contributed by atoms with Crippen LogP contribution in [0.25, 0.3) is 11.0 Å². The van der Waals surface area contributed by atoms with Crippen molar-refractivity contribution in [1.29, 1.82) is 0 Å². The monoisotopic (exact) mass is 379 g/mol. The third-order valence-corrected chi connectivity index (χ3v) is 4.99. The summed E-state index contributed by atoms with van der Waals surface area (Å²) in [5.41, 5.74) is 1.37. The van der Waals surface area contributed by atoms with Gasteiger partial charge in [0.05, 0.1) is 11.6 Å². The van der Waals surface area contributed by atoms with Crippen LogP contribution in [0.2, 0.25) is 5.02 Å². The van der Waals surface area contributed by atoms with E-state index in [-0.39, 0.29) is 5.91 Å². The molecular weight excluding hydrogens is 358 g/mol. The number of carbonyl (C=O) groups is 1. The fourth-order valence-corrected chi connectivity index (χ4v) is 3.21. The molecule has 2 aromatic rings. The molecule has 1 atom stereocenters. The zero-order chi connectivity index (χ0) is 18.8. The van der Waals surface area contributed by atoms with E-state index in [1.165, 1.54) is 0 Å². The average Bonchev–Trinajstić information content (AvgIpc) is 2.90. The SMILES string of the molecule is Cc1c(C)c2cc(Cl)c(OC(C)C(=O)N3CCCOCC3)cc2oc1=O. The molecule has 140 valence electrons. The largest absolute Gasteiger partial charge is 0.479 e. The molecule has 1 aliphatic heterocycles. The van der Waals surface area contributed by atoms with E-state index >= 15 is 0 Å². The van der Waals surface area contributed by atoms with Crippen molar-refractivity contribution < 1.29 is 18.7 Å². The highest BCUT2D eigenvalue weighted by Crippen LogP contribution is 2.32. The van der Waals surface area contributed by atoms with Gasteiger partial charge in [0, 0.05) is 36.7 Å². The Morgan fingerprint density at radius 2 is 2.00 bits per heavy atom. The van der Waals surface area contributed by atoms with Crippen LogP contribution in [0, 0.1) is 13.8 Å². The first-order valence-electron chi connectivity index (χ1n) is 8.65. The van der Waals surface area contributed by atoms with Crippen molar-refractivity contribution in [2.45, 2.75) is 33.3 Å². The second kappa shape index (κ2) is 7.68. The van der Waals surface area contributed by atoms with E-state index < -0.39 is 11.7 Å². The number of hydrogen-bond acceptors (Lipinski definition) is 5. The van der Waals surface area contributed by atoms with Crippen molar-refractivity contribution >= 4 is 28.5 Å². The summed E-state index contributed by atoms with van der Waals surface area (Å²) in [5.74, 6) is 0.200. The Morgan fingerprint density at radius 1 is 1.23 bits per heavy atom. The van der Waals surface area contributed by atoms with Gasteiger partial charge in [-0.15, -0.1) is 0 Å². The number of amides is 1. The summed E-state index contributed by atoms with van der Waals surface area (Å²) in [6, 6.07) is 3.27. The summed E-state index contributed by atoms with van der Waals surface area (Å²) in [7, 11) is 0. The van der Waals surface area contributed by atoms with Gasteiger partial charge >= 0.3 is 5.63 Å². The molecule has 1 aromatic carbocycles. The summed E-state index contributed by atoms with van der Waals surface area (Å²) in [6.07, 6.45) is 0.0974. The molecule has 6 nitrogen and oxygen atoms in total. The number of aryl methyl sites for hydroxylation is 1. The molecule has 0 aliphatic carbocycles. The minimum absolute atomic E-state index is 0.117. The standard InChI is InChI=1S/C19H22ClNO5/c1-11-12(2)19(23)26-16-10-17(15(20)9-14(11)16)25-13(3)18(22)21-5-4-7-24-8-6-21/h9-10,13H,4-8H2,1-3H3. The zero-order valence-corrected chi connectivity index (χ0v) is 15.9. The number of rotatable bonds is 3. The number of fused-ring (bicyclic) bond motifs is 1. The first-order chi connectivity index (χ1) is 12.4. The molecule has 7 heteroatoms. The van der Waals surface area contributed by atoms with Crippen molar-refractivity contribution in [1.82, 2.24) is 4.90 Å². The van der Waals surface area contributed by atoms with Crippen LogP contribution in [0.4, 0.5) is 0 Å². The summed E-state index contributed by atoms with van der Waals surface area (Å²) >= 11 is 6.34. The molecule has 1 unspecified atom stereocenters. The Morgan fingerprint density at radius 3 is 2.77 bits per heavy atom. The molecule has 0 bridgehead atoms. The lowest BCUT2D eigenvalue weighted by atomic mass is 10.1. The van der Waals surface area contributed by atoms with Crippen LogP contribution in [0.15, 0.2) is 21.3 Å². The molecule has 2 heterocycles. The van der Waals surface area contributed by atoms with E-state index in [2.05, 4.69) is 0 Å². The lowest BCUT2D eigenvalue weighted by Crippen LogP contribution is -2.41. The van der Waals surface area contributed by atoms with E-state index in [4.69, 9.17) is 25.5 Å². The van der Waals surface area contributed by atoms with Gasteiger partial charge in [0.15, 0.2) is 6.10 Å². The van der Waals surface area contributed by atoms with Crippen LogP contribution < -0.4 is 10.4 Å². The molecule has 3 rings (SSSR count). The Hall–Kier alpha value is -2.05. The number of carbonyl (C=O) groups excluding carboxylic acids is 1. The Balaban J connectivity index is 1.85. The van der Waals surface area contributed by atoms with Crippen molar-refractivity contribution in [3.8, 4) is 5.75 Å². The highest BCUT2D eigenvalue weighted by atomic mass is 35.5. The fourth-order valence-electron chi connectivity index (χ4n) is 3.00. The van der Waals surface area contributed by atoms with Gasteiger partial charge in [-0.1, -0.05) is 11.6 Å². The maximum atomic E-state index is 12.6. The molecule has 1 saturated heterocycles. The average molecular weight is 380 g/mol. The number of hydrogen-bond donors (Lipinski definition) is 0. The third kappa shape index (κ3) is 3.71. The molecule has 0 radical (unpaired) electrons. The number of nitrogens with zero attached hydrogens (tertiary/aromatic N) is 1. The van der Waals surface area contributed by atoms with Crippen LogP contribution >= 0.6 is 11.6 Å². The van der Waals surface area contributed by atoms with Gasteiger partial charge in [-0.2, -0.15) is 0 Å². The third-order valence-electron chi connectivity index (χ3n) is 4.69. The van der Waals surface area contributed by atoms with Crippen LogP contribution in [0.1, 0.15) is 24.5 Å². The number of halogens is 1. The molecule has 1 fully saturated rings. The molecule has 0 saturated carbocycles. The van der Waals surface area contributed by atoms with Gasteiger partial charge in [-0.05, 0) is 38.8 Å². The van der Waals surface area contributed by atoms with Crippen molar-refractivity contribution in [2.75, 3.05) is 26.3 Å². The quantitative estimate of drug-likeness (QED) is 0.766. The molecular formula is C19H22ClNO5. The van der Waals surface area contributed by atoms with E-state index in [9.17, 15) is 9.59 Å². The summed E-state index contributed by atoms with van der Waals surface area (Å²) in [4.78, 5) is 26.3. The van der Waals surface area contributed by atoms with Crippen molar-refractivity contribution in [2.24, 2.45) is 0 Å². The number of benzene rings is 1. The van der Waals surface area contributed by atoms with Crippen molar-refractivity contribution in [3.05, 3.63) is 38.7 Å². The maximum absolute atomic E-state index is 12.6. The molecule has 1 aliphatic rings. The minimum atomic E-state index is -0.707. The number of ether oxygens (including phenoxy) is 2. The van der Waals surface area contributed by atoms with E-state index in [0.717, 1.165) is 17.4 Å². The van der Waals surface area contributed by atoms with Gasteiger partial charge in [0.1, 0.15) is 11.3 Å². The van der Waals surface area contributed by atoms with E-state index in [0.29, 0.717) is 48.2 Å². The van der Waals surface area contributed by atoms with E-state index in [1.807, 2.05) is 6.92 Å². The van der Waals surface area contributed by atoms with Gasteiger partial charge < -0.3 is 18.8 Å². The Bertz CT molecular complexity index is 884. The molecule has 26 heavy (non-hydrogen) atoms. The predicted molar refractivity (Wildman–Crippen MR) is 99.1 cm³/mol. The summed E-state index contributed by atoms with van der Waals surface area (Å²) < 4.78 is 16.5. The lowest BCUT2D eigenvalue weighted by Gasteiger charge is -2.24. The van der Waals surface area contributed by atoms with Gasteiger partial charge in [0.25, 0.3) is 5.91 Å². The first kappa shape index (κ1) is 18.7. The topological polar surface area (TPSA) is 69.0 Å². The highest BCUT2D eigenvalue weighted by molar-refractivity contribution is 6.32. The van der Waals surface area contributed by atoms with Crippen LogP contribution in [-0.4, -0.2) is 43.2 Å². The lowest BCUT2D eigenvalue weighted by molar-refractivity contribution is -0.138. The predicted octanol–water partition coefficient (Wildman–Crippen LogP) is 3.08. The van der Waals surface area contributed by atoms with Crippen LogP contribution in [-0.2, 0) is 9.53 Å². The van der Waals surface area contributed by atoms with Gasteiger partial charge in [-0.25, -0.2) is 4.79 Å². The fraction of sp³-hybridized carbons (Fsp3) is 0.474. The Labute approximate surface area is 156 Å². The van der Waals surface area contributed by atoms with Crippen molar-refractivity contribution in [3.63, 3.8) is 0 Å². The zero-order valence-electron chi connectivity index (χ0n) is 15.1. The Kier molecular flexibility index (Phi) is 5.53. The summed E-state index contributed by atoms with van der Waals surface area (Å²) in [6.45, 7) is 7.62. The van der Waals surface area contributed by atoms with E-state index in [1.54, 1.807) is 30.9 Å². The van der Waals surface area contributed by atoms with Crippen LogP contribution in [0.5, 0.6) is 5.75 Å². The second-order valence-corrected chi connectivity index (χ2v) is 6.88. The molecule has 1 amide bonds. The minimum Gasteiger partial charge on any atom is -0.479 e. The second-order valence-electron chi connectivity index (χ2n) is 6.47. The maximum Gasteiger partial charge on any atom is 0.339 e. The highest BCUT2D eigenvalue weighted by Gasteiger charge is 2.24. The molecule has 0 spiro atoms. The normalized spacial score (nSPS) is 16.4. The van der Waals surface area contributed by atoms with Gasteiger partial charge in [-0.3, -0.25) is 4.79 Å². The molecule has 0 N–H and O–H groups in total. The smallest absolute Gasteiger partial charge is 0.339 e. The molecule has 1 aromatic heterocycles.